The molecule has 3 N–H and O–H groups in total. The Morgan fingerprint density at radius 2 is 1.68 bits per heavy atom. The zero-order valence-corrected chi connectivity index (χ0v) is 22.4. The molecule has 1 heterocycles. The third-order valence-corrected chi connectivity index (χ3v) is 6.40. The van der Waals surface area contributed by atoms with Crippen molar-refractivity contribution in [3.63, 3.8) is 0 Å². The highest BCUT2D eigenvalue weighted by molar-refractivity contribution is 6.33. The van der Waals surface area contributed by atoms with Gasteiger partial charge in [0.1, 0.15) is 40.7 Å². The maximum Gasteiger partial charge on any atom is 0.251 e. The Morgan fingerprint density at radius 3 is 2.24 bits per heavy atom. The smallest absolute Gasteiger partial charge is 0.251 e. The molecule has 1 unspecified atom stereocenters. The quantitative estimate of drug-likeness (QED) is 0.358. The van der Waals surface area contributed by atoms with Gasteiger partial charge < -0.3 is 34.5 Å². The van der Waals surface area contributed by atoms with E-state index in [1.165, 1.54) is 7.11 Å². The number of aliphatic hydroxyl groups is 2. The van der Waals surface area contributed by atoms with E-state index in [-0.39, 0.29) is 18.6 Å². The first-order chi connectivity index (χ1) is 17.9. The molecule has 0 saturated carbocycles. The highest BCUT2D eigenvalue weighted by Gasteiger charge is 2.23. The number of rotatable bonds is 13. The second kappa shape index (κ2) is 14.3. The van der Waals surface area contributed by atoms with Crippen LogP contribution in [0.25, 0.3) is 0 Å². The van der Waals surface area contributed by atoms with Gasteiger partial charge in [-0.3, -0.25) is 9.69 Å². The number of amides is 1. The Balaban J connectivity index is 1.58. The Morgan fingerprint density at radius 1 is 1.05 bits per heavy atom. The molecule has 1 aliphatic rings. The van der Waals surface area contributed by atoms with Gasteiger partial charge in [0, 0.05) is 37.3 Å². The van der Waals surface area contributed by atoms with Crippen molar-refractivity contribution in [3.8, 4) is 23.0 Å². The molecule has 37 heavy (non-hydrogen) atoms. The number of ether oxygens (including phenoxy) is 4. The van der Waals surface area contributed by atoms with E-state index >= 15 is 0 Å². The predicted molar refractivity (Wildman–Crippen MR) is 141 cm³/mol. The van der Waals surface area contributed by atoms with Gasteiger partial charge in [0.2, 0.25) is 0 Å². The summed E-state index contributed by atoms with van der Waals surface area (Å²) in [5.41, 5.74) is 1.47. The van der Waals surface area contributed by atoms with Crippen molar-refractivity contribution >= 4 is 17.5 Å². The van der Waals surface area contributed by atoms with Gasteiger partial charge in [-0.05, 0) is 56.5 Å². The van der Waals surface area contributed by atoms with Crippen molar-refractivity contribution in [2.24, 2.45) is 0 Å². The first-order valence-electron chi connectivity index (χ1n) is 12.6. The van der Waals surface area contributed by atoms with E-state index in [1.54, 1.807) is 18.2 Å². The molecule has 0 bridgehead atoms. The first-order valence-corrected chi connectivity index (χ1v) is 13.0. The normalized spacial score (nSPS) is 15.2. The molecule has 1 aliphatic heterocycles. The summed E-state index contributed by atoms with van der Waals surface area (Å²) in [6.07, 6.45) is 0.621. The molecule has 0 spiro atoms. The number of piperidine rings is 1. The monoisotopic (exact) mass is 536 g/mol. The van der Waals surface area contributed by atoms with Crippen molar-refractivity contribution in [2.75, 3.05) is 46.6 Å². The van der Waals surface area contributed by atoms with Crippen LogP contribution in [-0.4, -0.2) is 79.8 Å². The Kier molecular flexibility index (Phi) is 11.1. The minimum atomic E-state index is -1.00. The van der Waals surface area contributed by atoms with Crippen LogP contribution in [0.1, 0.15) is 42.6 Å². The minimum Gasteiger partial charge on any atom is -0.497 e. The minimum absolute atomic E-state index is 0.0405. The van der Waals surface area contributed by atoms with Crippen LogP contribution in [0.2, 0.25) is 5.02 Å². The molecule has 1 amide bonds. The van der Waals surface area contributed by atoms with E-state index in [0.717, 1.165) is 38.0 Å². The summed E-state index contributed by atoms with van der Waals surface area (Å²) in [5, 5.41) is 22.1. The molecule has 1 atom stereocenters. The van der Waals surface area contributed by atoms with Gasteiger partial charge in [-0.15, -0.1) is 0 Å². The number of hydrogen-bond donors (Lipinski definition) is 3. The molecule has 3 rings (SSSR count). The summed E-state index contributed by atoms with van der Waals surface area (Å²) in [7, 11) is 1.51. The number of halogens is 1. The average Bonchev–Trinajstić information content (AvgIpc) is 2.91. The lowest BCUT2D eigenvalue weighted by Gasteiger charge is -2.32. The second-order valence-corrected chi connectivity index (χ2v) is 9.22. The molecule has 10 heteroatoms. The predicted octanol–water partition coefficient (Wildman–Crippen LogP) is 3.27. The SMILES string of the molecule is CCOc1cc(CN2CCC(NC(=O)c3cc(OC)cc(OCC(O)CO)c3)CC2)cc(OCC)c1Cl. The van der Waals surface area contributed by atoms with Crippen LogP contribution in [0.3, 0.4) is 0 Å². The largest absolute Gasteiger partial charge is 0.497 e. The molecule has 0 aliphatic carbocycles. The number of hydrogen-bond acceptors (Lipinski definition) is 8. The lowest BCUT2D eigenvalue weighted by molar-refractivity contribution is 0.0535. The lowest BCUT2D eigenvalue weighted by Crippen LogP contribution is -2.44. The van der Waals surface area contributed by atoms with Crippen LogP contribution >= 0.6 is 11.6 Å². The van der Waals surface area contributed by atoms with Crippen molar-refractivity contribution in [1.82, 2.24) is 10.2 Å². The van der Waals surface area contributed by atoms with Crippen molar-refractivity contribution in [1.29, 1.82) is 0 Å². The van der Waals surface area contributed by atoms with E-state index in [2.05, 4.69) is 10.2 Å². The van der Waals surface area contributed by atoms with Gasteiger partial charge in [0.15, 0.2) is 0 Å². The van der Waals surface area contributed by atoms with Gasteiger partial charge in [0.25, 0.3) is 5.91 Å². The molecular weight excluding hydrogens is 500 g/mol. The molecular formula is C27H37ClN2O7. The topological polar surface area (TPSA) is 110 Å². The average molecular weight is 537 g/mol. The first kappa shape index (κ1) is 28.8. The Labute approximate surface area is 223 Å². The number of methoxy groups -OCH3 is 1. The van der Waals surface area contributed by atoms with Gasteiger partial charge in [-0.1, -0.05) is 11.6 Å². The van der Waals surface area contributed by atoms with Gasteiger partial charge in [0.05, 0.1) is 26.9 Å². The van der Waals surface area contributed by atoms with Crippen LogP contribution in [0.4, 0.5) is 0 Å². The molecule has 1 saturated heterocycles. The van der Waals surface area contributed by atoms with Crippen LogP contribution in [0, 0.1) is 0 Å². The standard InChI is InChI=1S/C27H37ClN2O7/c1-4-35-24-10-18(11-25(26(24)28)36-5-2)15-30-8-6-20(7-9-30)29-27(33)19-12-22(34-3)14-23(13-19)37-17-21(32)16-31/h10-14,20-21,31-32H,4-9,15-17H2,1-3H3,(H,29,33). The van der Waals surface area contributed by atoms with Crippen LogP contribution in [0.15, 0.2) is 30.3 Å². The zero-order valence-electron chi connectivity index (χ0n) is 21.7. The second-order valence-electron chi connectivity index (χ2n) is 8.84. The third-order valence-electron chi connectivity index (χ3n) is 6.03. The molecule has 204 valence electrons. The van der Waals surface area contributed by atoms with E-state index < -0.39 is 12.7 Å². The maximum atomic E-state index is 13.0. The summed E-state index contributed by atoms with van der Waals surface area (Å²) in [5.74, 6) is 1.88. The van der Waals surface area contributed by atoms with Gasteiger partial charge in [-0.2, -0.15) is 0 Å². The summed E-state index contributed by atoms with van der Waals surface area (Å²) in [6, 6.07) is 8.84. The summed E-state index contributed by atoms with van der Waals surface area (Å²) in [6.45, 7) is 6.77. The lowest BCUT2D eigenvalue weighted by atomic mass is 10.0. The van der Waals surface area contributed by atoms with Crippen LogP contribution in [-0.2, 0) is 6.54 Å². The molecule has 2 aromatic carbocycles. The molecule has 0 aromatic heterocycles. The third kappa shape index (κ3) is 8.39. The van der Waals surface area contributed by atoms with E-state index in [1.807, 2.05) is 26.0 Å². The number of nitrogens with zero attached hydrogens (tertiary/aromatic N) is 1. The number of carbonyl (C=O) groups is 1. The van der Waals surface area contributed by atoms with Crippen molar-refractivity contribution in [2.45, 2.75) is 45.4 Å². The number of carbonyl (C=O) groups excluding carboxylic acids is 1. The van der Waals surface area contributed by atoms with Crippen LogP contribution < -0.4 is 24.3 Å². The molecule has 2 aromatic rings. The number of benzene rings is 2. The Bertz CT molecular complexity index is 1000. The van der Waals surface area contributed by atoms with E-state index in [0.29, 0.717) is 46.8 Å². The number of aliphatic hydroxyl groups excluding tert-OH is 2. The number of nitrogens with one attached hydrogen (secondary N) is 1. The number of likely N-dealkylation sites (tertiary alicyclic amines) is 1. The van der Waals surface area contributed by atoms with E-state index in [4.69, 9.17) is 35.7 Å². The van der Waals surface area contributed by atoms with E-state index in [9.17, 15) is 9.90 Å². The highest BCUT2D eigenvalue weighted by atomic mass is 35.5. The summed E-state index contributed by atoms with van der Waals surface area (Å²) >= 11 is 6.43. The Hall–Kier alpha value is -2.72. The van der Waals surface area contributed by atoms with Gasteiger partial charge in [-0.25, -0.2) is 0 Å². The summed E-state index contributed by atoms with van der Waals surface area (Å²) in [4.78, 5) is 15.3. The fourth-order valence-electron chi connectivity index (χ4n) is 4.15. The fourth-order valence-corrected chi connectivity index (χ4v) is 4.37. The van der Waals surface area contributed by atoms with Crippen molar-refractivity contribution in [3.05, 3.63) is 46.5 Å². The molecule has 1 fully saturated rings. The van der Waals surface area contributed by atoms with Crippen LogP contribution in [0.5, 0.6) is 23.0 Å². The molecule has 9 nitrogen and oxygen atoms in total. The highest BCUT2D eigenvalue weighted by Crippen LogP contribution is 2.36. The van der Waals surface area contributed by atoms with Gasteiger partial charge >= 0.3 is 0 Å². The zero-order chi connectivity index (χ0) is 26.8. The molecule has 0 radical (unpaired) electrons. The van der Waals surface area contributed by atoms with Crippen molar-refractivity contribution < 1.29 is 34.0 Å². The maximum absolute atomic E-state index is 13.0. The fraction of sp³-hybridized carbons (Fsp3) is 0.519. The summed E-state index contributed by atoms with van der Waals surface area (Å²) < 4.78 is 22.2.